The van der Waals surface area contributed by atoms with E-state index < -0.39 is 0 Å². The molecule has 0 unspecified atom stereocenters. The van der Waals surface area contributed by atoms with Crippen LogP contribution in [0.4, 0.5) is 5.69 Å². The number of anilines is 1. The van der Waals surface area contributed by atoms with Crippen LogP contribution in [0.1, 0.15) is 31.4 Å². The minimum atomic E-state index is -0.176. The molecule has 23 heavy (non-hydrogen) atoms. The molecule has 0 atom stereocenters. The fraction of sp³-hybridized carbons (Fsp3) is 0.294. The minimum Gasteiger partial charge on any atom is -0.351 e. The van der Waals surface area contributed by atoms with Crippen LogP contribution in [0.25, 0.3) is 0 Å². The number of thiocarbonyl (C=S) groups is 1. The lowest BCUT2D eigenvalue weighted by molar-refractivity contribution is 0.396. The van der Waals surface area contributed by atoms with Crippen LogP contribution in [-0.2, 0) is 5.54 Å². The van der Waals surface area contributed by atoms with Crippen molar-refractivity contribution in [2.45, 2.75) is 31.2 Å². The van der Waals surface area contributed by atoms with Crippen molar-refractivity contribution in [1.29, 1.82) is 0 Å². The van der Waals surface area contributed by atoms with E-state index in [0.29, 0.717) is 10.1 Å². The number of benzene rings is 1. The Morgan fingerprint density at radius 3 is 2.65 bits per heavy atom. The second-order valence-corrected chi connectivity index (χ2v) is 7.38. The average Bonchev–Trinajstić information content (AvgIpc) is 3.01. The first-order valence-corrected chi connectivity index (χ1v) is 9.13. The normalized spacial score (nSPS) is 16.1. The Morgan fingerprint density at radius 1 is 1.22 bits per heavy atom. The molecule has 1 aromatic carbocycles. The number of halogens is 2. The van der Waals surface area contributed by atoms with Crippen molar-refractivity contribution in [1.82, 2.24) is 10.3 Å². The van der Waals surface area contributed by atoms with Crippen molar-refractivity contribution in [3.8, 4) is 0 Å². The third-order valence-corrected chi connectivity index (χ3v) is 5.58. The Balaban J connectivity index is 1.75. The van der Waals surface area contributed by atoms with Crippen LogP contribution in [0.5, 0.6) is 0 Å². The summed E-state index contributed by atoms with van der Waals surface area (Å²) in [7, 11) is 0. The quantitative estimate of drug-likeness (QED) is 0.677. The van der Waals surface area contributed by atoms with Gasteiger partial charge < -0.3 is 10.6 Å². The summed E-state index contributed by atoms with van der Waals surface area (Å²) >= 11 is 15.0. The average molecular weight is 411 g/mol. The molecule has 0 amide bonds. The van der Waals surface area contributed by atoms with Crippen LogP contribution >= 0.6 is 39.7 Å². The zero-order chi connectivity index (χ0) is 16.3. The Labute approximate surface area is 155 Å². The van der Waals surface area contributed by atoms with E-state index in [0.717, 1.165) is 28.7 Å². The molecule has 1 heterocycles. The summed E-state index contributed by atoms with van der Waals surface area (Å²) in [5.41, 5.74) is 1.74. The maximum Gasteiger partial charge on any atom is 0.171 e. The number of hydrogen-bond acceptors (Lipinski definition) is 2. The largest absolute Gasteiger partial charge is 0.351 e. The summed E-state index contributed by atoms with van der Waals surface area (Å²) in [5.74, 6) is 0. The monoisotopic (exact) mass is 409 g/mol. The van der Waals surface area contributed by atoms with Gasteiger partial charge in [0.15, 0.2) is 5.11 Å². The molecular weight excluding hydrogens is 394 g/mol. The minimum absolute atomic E-state index is 0.176. The van der Waals surface area contributed by atoms with Gasteiger partial charge in [-0.3, -0.25) is 4.98 Å². The maximum absolute atomic E-state index is 6.13. The highest BCUT2D eigenvalue weighted by molar-refractivity contribution is 9.10. The predicted molar refractivity (Wildman–Crippen MR) is 103 cm³/mol. The van der Waals surface area contributed by atoms with Gasteiger partial charge in [0.25, 0.3) is 0 Å². The number of aromatic nitrogens is 1. The van der Waals surface area contributed by atoms with E-state index in [2.05, 4.69) is 37.6 Å². The molecule has 0 saturated heterocycles. The molecule has 1 aliphatic carbocycles. The lowest BCUT2D eigenvalue weighted by Gasteiger charge is -2.31. The van der Waals surface area contributed by atoms with Crippen molar-refractivity contribution >= 4 is 50.5 Å². The predicted octanol–water partition coefficient (Wildman–Crippen LogP) is 5.25. The van der Waals surface area contributed by atoms with Crippen LogP contribution in [0, 0.1) is 0 Å². The first-order chi connectivity index (χ1) is 11.1. The molecule has 0 bridgehead atoms. The summed E-state index contributed by atoms with van der Waals surface area (Å²) in [6, 6.07) is 11.7. The van der Waals surface area contributed by atoms with Gasteiger partial charge >= 0.3 is 0 Å². The van der Waals surface area contributed by atoms with Gasteiger partial charge in [-0.15, -0.1) is 0 Å². The van der Waals surface area contributed by atoms with Gasteiger partial charge in [0.2, 0.25) is 0 Å². The molecule has 0 radical (unpaired) electrons. The number of nitrogens with one attached hydrogen (secondary N) is 2. The van der Waals surface area contributed by atoms with E-state index >= 15 is 0 Å². The highest BCUT2D eigenvalue weighted by atomic mass is 79.9. The van der Waals surface area contributed by atoms with E-state index in [-0.39, 0.29) is 5.54 Å². The van der Waals surface area contributed by atoms with Gasteiger partial charge in [-0.1, -0.05) is 30.5 Å². The van der Waals surface area contributed by atoms with Gasteiger partial charge in [0.1, 0.15) is 0 Å². The summed E-state index contributed by atoms with van der Waals surface area (Å²) in [4.78, 5) is 4.54. The Kier molecular flexibility index (Phi) is 5.19. The zero-order valence-electron chi connectivity index (χ0n) is 12.5. The van der Waals surface area contributed by atoms with Crippen molar-refractivity contribution < 1.29 is 0 Å². The molecule has 1 fully saturated rings. The SMILES string of the molecule is S=C(Nc1ccc(Br)c(Cl)c1)NC1(c2ccccn2)CCCC1. The molecule has 3 nitrogen and oxygen atoms in total. The van der Waals surface area contributed by atoms with Gasteiger partial charge in [-0.05, 0) is 71.3 Å². The van der Waals surface area contributed by atoms with Gasteiger partial charge in [-0.25, -0.2) is 0 Å². The number of pyridine rings is 1. The van der Waals surface area contributed by atoms with Crippen molar-refractivity contribution in [3.63, 3.8) is 0 Å². The summed E-state index contributed by atoms with van der Waals surface area (Å²) < 4.78 is 0.865. The molecular formula is C17H17BrClN3S. The van der Waals surface area contributed by atoms with E-state index in [1.165, 1.54) is 12.8 Å². The Bertz CT molecular complexity index is 702. The highest BCUT2D eigenvalue weighted by Gasteiger charge is 2.37. The number of nitrogens with zero attached hydrogens (tertiary/aromatic N) is 1. The van der Waals surface area contributed by atoms with E-state index in [4.69, 9.17) is 23.8 Å². The summed E-state index contributed by atoms with van der Waals surface area (Å²) in [6.07, 6.45) is 6.26. The Hall–Kier alpha value is -1.17. The fourth-order valence-electron chi connectivity index (χ4n) is 3.02. The zero-order valence-corrected chi connectivity index (χ0v) is 15.6. The second kappa shape index (κ2) is 7.16. The topological polar surface area (TPSA) is 37.0 Å². The van der Waals surface area contributed by atoms with Crippen LogP contribution in [-0.4, -0.2) is 10.1 Å². The van der Waals surface area contributed by atoms with Gasteiger partial charge in [0, 0.05) is 16.4 Å². The molecule has 1 aromatic heterocycles. The molecule has 0 spiro atoms. The van der Waals surface area contributed by atoms with Gasteiger partial charge in [0.05, 0.1) is 16.3 Å². The molecule has 1 aliphatic rings. The first-order valence-electron chi connectivity index (χ1n) is 7.55. The molecule has 0 aliphatic heterocycles. The van der Waals surface area contributed by atoms with Gasteiger partial charge in [-0.2, -0.15) is 0 Å². The maximum atomic E-state index is 6.13. The lowest BCUT2D eigenvalue weighted by atomic mass is 9.93. The molecule has 120 valence electrons. The molecule has 6 heteroatoms. The molecule has 3 rings (SSSR count). The van der Waals surface area contributed by atoms with E-state index in [9.17, 15) is 0 Å². The number of hydrogen-bond donors (Lipinski definition) is 2. The third kappa shape index (κ3) is 3.84. The van der Waals surface area contributed by atoms with Crippen LogP contribution in [0.15, 0.2) is 47.1 Å². The van der Waals surface area contributed by atoms with Crippen molar-refractivity contribution in [2.75, 3.05) is 5.32 Å². The standard InChI is InChI=1S/C17H17BrClN3S/c18-13-7-6-12(11-14(13)19)21-16(23)22-17(8-2-3-9-17)15-5-1-4-10-20-15/h1,4-7,10-11H,2-3,8-9H2,(H2,21,22,23). The van der Waals surface area contributed by atoms with E-state index in [1.807, 2.05) is 36.5 Å². The van der Waals surface area contributed by atoms with Crippen LogP contribution < -0.4 is 10.6 Å². The second-order valence-electron chi connectivity index (χ2n) is 5.71. The molecule has 1 saturated carbocycles. The highest BCUT2D eigenvalue weighted by Crippen LogP contribution is 2.37. The Morgan fingerprint density at radius 2 is 2.00 bits per heavy atom. The third-order valence-electron chi connectivity index (χ3n) is 4.14. The molecule has 2 N–H and O–H groups in total. The molecule has 2 aromatic rings. The number of rotatable bonds is 3. The van der Waals surface area contributed by atoms with Crippen LogP contribution in [0.3, 0.4) is 0 Å². The van der Waals surface area contributed by atoms with Crippen molar-refractivity contribution in [3.05, 3.63) is 57.8 Å². The smallest absolute Gasteiger partial charge is 0.171 e. The van der Waals surface area contributed by atoms with Crippen LogP contribution in [0.2, 0.25) is 5.02 Å². The van der Waals surface area contributed by atoms with Crippen molar-refractivity contribution in [2.24, 2.45) is 0 Å². The summed E-state index contributed by atoms with van der Waals surface area (Å²) in [6.45, 7) is 0. The lowest BCUT2D eigenvalue weighted by Crippen LogP contribution is -2.46. The van der Waals surface area contributed by atoms with E-state index in [1.54, 1.807) is 0 Å². The fourth-order valence-corrected chi connectivity index (χ4v) is 3.76. The summed E-state index contributed by atoms with van der Waals surface area (Å²) in [5, 5.41) is 7.96. The first kappa shape index (κ1) is 16.7.